The third-order valence-corrected chi connectivity index (χ3v) is 5.79. The molecule has 160 valence electrons. The van der Waals surface area contributed by atoms with Crippen molar-refractivity contribution in [3.8, 4) is 17.0 Å². The van der Waals surface area contributed by atoms with Gasteiger partial charge in [-0.3, -0.25) is 4.79 Å². The van der Waals surface area contributed by atoms with E-state index in [-0.39, 0.29) is 11.8 Å². The van der Waals surface area contributed by atoms with Gasteiger partial charge in [0, 0.05) is 25.2 Å². The molecule has 0 saturated carbocycles. The first-order valence-electron chi connectivity index (χ1n) is 10.7. The topological polar surface area (TPSA) is 67.3 Å². The molecule has 0 spiro atoms. The van der Waals surface area contributed by atoms with Crippen LogP contribution in [0, 0.1) is 12.8 Å². The summed E-state index contributed by atoms with van der Waals surface area (Å²) in [6.45, 7) is 4.11. The molecule has 1 amide bonds. The lowest BCUT2D eigenvalue weighted by Crippen LogP contribution is -2.43. The molecule has 1 N–H and O–H groups in total. The van der Waals surface area contributed by atoms with Crippen molar-refractivity contribution in [3.05, 3.63) is 71.8 Å². The third kappa shape index (κ3) is 5.02. The maximum absolute atomic E-state index is 12.8. The number of amides is 1. The minimum Gasteiger partial charge on any atom is -0.497 e. The van der Waals surface area contributed by atoms with Crippen LogP contribution in [-0.4, -0.2) is 36.3 Å². The Morgan fingerprint density at radius 2 is 2.00 bits per heavy atom. The summed E-state index contributed by atoms with van der Waals surface area (Å²) in [5.74, 6) is 1.64. The molecule has 0 bridgehead atoms. The van der Waals surface area contributed by atoms with E-state index in [4.69, 9.17) is 4.74 Å². The van der Waals surface area contributed by atoms with E-state index in [0.717, 1.165) is 47.8 Å². The zero-order valence-electron chi connectivity index (χ0n) is 18.0. The first-order valence-corrected chi connectivity index (χ1v) is 10.7. The number of aryl methyl sites for hydroxylation is 1. The number of anilines is 1. The van der Waals surface area contributed by atoms with E-state index in [9.17, 15) is 4.79 Å². The molecule has 2 aromatic carbocycles. The number of ether oxygens (including phenoxy) is 1. The molecule has 4 rings (SSSR count). The molecular formula is C25H28N4O2. The van der Waals surface area contributed by atoms with Gasteiger partial charge in [-0.1, -0.05) is 36.4 Å². The highest BCUT2D eigenvalue weighted by molar-refractivity contribution is 5.79. The number of carbonyl (C=O) groups is 1. The van der Waals surface area contributed by atoms with Crippen LogP contribution in [0.1, 0.15) is 24.0 Å². The van der Waals surface area contributed by atoms with E-state index in [1.54, 1.807) is 7.11 Å². The van der Waals surface area contributed by atoms with Crippen LogP contribution >= 0.6 is 0 Å². The minimum absolute atomic E-state index is 0.0581. The van der Waals surface area contributed by atoms with Gasteiger partial charge < -0.3 is 15.0 Å². The predicted octanol–water partition coefficient (Wildman–Crippen LogP) is 3.99. The zero-order chi connectivity index (χ0) is 21.6. The van der Waals surface area contributed by atoms with Gasteiger partial charge in [-0.15, -0.1) is 10.2 Å². The van der Waals surface area contributed by atoms with Crippen molar-refractivity contribution in [2.24, 2.45) is 5.92 Å². The van der Waals surface area contributed by atoms with E-state index < -0.39 is 0 Å². The Balaban J connectivity index is 1.37. The number of methoxy groups -OCH3 is 1. The summed E-state index contributed by atoms with van der Waals surface area (Å²) < 4.78 is 5.25. The van der Waals surface area contributed by atoms with Gasteiger partial charge in [-0.05, 0) is 55.2 Å². The summed E-state index contributed by atoms with van der Waals surface area (Å²) in [4.78, 5) is 14.9. The minimum atomic E-state index is -0.0581. The number of nitrogens with one attached hydrogen (secondary N) is 1. The van der Waals surface area contributed by atoms with Gasteiger partial charge in [-0.25, -0.2) is 0 Å². The molecule has 2 heterocycles. The standard InChI is InChI=1S/C25H28N4O2/c1-18-7-3-4-11-22(18)23-12-13-24(28-27-23)29-14-6-9-20(17-29)25(30)26-16-19-8-5-10-21(15-19)31-2/h3-5,7-8,10-13,15,20H,6,9,14,16-17H2,1-2H3,(H,26,30)/t20-/m1/s1. The van der Waals surface area contributed by atoms with E-state index in [1.807, 2.05) is 48.5 Å². The van der Waals surface area contributed by atoms with Crippen LogP contribution in [0.4, 0.5) is 5.82 Å². The van der Waals surface area contributed by atoms with Crippen LogP contribution in [0.15, 0.2) is 60.7 Å². The Morgan fingerprint density at radius 3 is 2.77 bits per heavy atom. The van der Waals surface area contributed by atoms with Crippen molar-refractivity contribution in [1.29, 1.82) is 0 Å². The van der Waals surface area contributed by atoms with Crippen molar-refractivity contribution in [2.45, 2.75) is 26.3 Å². The Morgan fingerprint density at radius 1 is 1.13 bits per heavy atom. The number of carbonyl (C=O) groups excluding carboxylic acids is 1. The molecule has 1 aliphatic rings. The summed E-state index contributed by atoms with van der Waals surface area (Å²) in [5, 5.41) is 12.0. The largest absolute Gasteiger partial charge is 0.497 e. The Bertz CT molecular complexity index is 1040. The number of piperidine rings is 1. The molecule has 3 aromatic rings. The highest BCUT2D eigenvalue weighted by atomic mass is 16.5. The number of hydrogen-bond acceptors (Lipinski definition) is 5. The fraction of sp³-hybridized carbons (Fsp3) is 0.320. The second-order valence-electron chi connectivity index (χ2n) is 7.95. The Labute approximate surface area is 183 Å². The average molecular weight is 417 g/mol. The molecular weight excluding hydrogens is 388 g/mol. The third-order valence-electron chi connectivity index (χ3n) is 5.79. The highest BCUT2D eigenvalue weighted by Gasteiger charge is 2.26. The molecule has 31 heavy (non-hydrogen) atoms. The van der Waals surface area contributed by atoms with Crippen molar-refractivity contribution in [2.75, 3.05) is 25.1 Å². The smallest absolute Gasteiger partial charge is 0.225 e. The van der Waals surface area contributed by atoms with E-state index in [2.05, 4.69) is 39.5 Å². The summed E-state index contributed by atoms with van der Waals surface area (Å²) in [5.41, 5.74) is 4.16. The molecule has 6 nitrogen and oxygen atoms in total. The lowest BCUT2D eigenvalue weighted by Gasteiger charge is -2.32. The Hall–Kier alpha value is -3.41. The SMILES string of the molecule is COc1cccc(CNC(=O)[C@@H]2CCCN(c3ccc(-c4ccccc4C)nn3)C2)c1. The molecule has 0 unspecified atom stereocenters. The van der Waals surface area contributed by atoms with Gasteiger partial charge in [0.2, 0.25) is 5.91 Å². The summed E-state index contributed by atoms with van der Waals surface area (Å²) in [6, 6.07) is 19.9. The van der Waals surface area contributed by atoms with E-state index in [0.29, 0.717) is 13.1 Å². The molecule has 1 atom stereocenters. The van der Waals surface area contributed by atoms with Gasteiger partial charge in [0.1, 0.15) is 5.75 Å². The number of nitrogens with zero attached hydrogens (tertiary/aromatic N) is 3. The van der Waals surface area contributed by atoms with Crippen LogP contribution in [0.3, 0.4) is 0 Å². The molecule has 1 aliphatic heterocycles. The molecule has 1 aromatic heterocycles. The quantitative estimate of drug-likeness (QED) is 0.658. The van der Waals surface area contributed by atoms with Gasteiger partial charge in [0.25, 0.3) is 0 Å². The molecule has 1 saturated heterocycles. The van der Waals surface area contributed by atoms with E-state index in [1.165, 1.54) is 5.56 Å². The number of hydrogen-bond donors (Lipinski definition) is 1. The lowest BCUT2D eigenvalue weighted by atomic mass is 9.97. The summed E-state index contributed by atoms with van der Waals surface area (Å²) in [7, 11) is 1.64. The van der Waals surface area contributed by atoms with Crippen molar-refractivity contribution in [1.82, 2.24) is 15.5 Å². The zero-order valence-corrected chi connectivity index (χ0v) is 18.0. The second kappa shape index (κ2) is 9.60. The monoisotopic (exact) mass is 416 g/mol. The van der Waals surface area contributed by atoms with Crippen LogP contribution in [-0.2, 0) is 11.3 Å². The van der Waals surface area contributed by atoms with Gasteiger partial charge >= 0.3 is 0 Å². The maximum Gasteiger partial charge on any atom is 0.225 e. The number of aromatic nitrogens is 2. The van der Waals surface area contributed by atoms with Crippen molar-refractivity contribution >= 4 is 11.7 Å². The van der Waals surface area contributed by atoms with Gasteiger partial charge in [0.15, 0.2) is 5.82 Å². The van der Waals surface area contributed by atoms with Crippen LogP contribution in [0.25, 0.3) is 11.3 Å². The molecule has 1 fully saturated rings. The van der Waals surface area contributed by atoms with Gasteiger partial charge in [-0.2, -0.15) is 0 Å². The number of benzene rings is 2. The second-order valence-corrected chi connectivity index (χ2v) is 7.95. The average Bonchev–Trinajstić information content (AvgIpc) is 2.83. The summed E-state index contributed by atoms with van der Waals surface area (Å²) >= 11 is 0. The fourth-order valence-electron chi connectivity index (χ4n) is 4.01. The van der Waals surface area contributed by atoms with Crippen LogP contribution < -0.4 is 15.0 Å². The lowest BCUT2D eigenvalue weighted by molar-refractivity contribution is -0.125. The predicted molar refractivity (Wildman–Crippen MR) is 122 cm³/mol. The maximum atomic E-state index is 12.8. The first kappa shape index (κ1) is 20.8. The van der Waals surface area contributed by atoms with E-state index >= 15 is 0 Å². The highest BCUT2D eigenvalue weighted by Crippen LogP contribution is 2.25. The summed E-state index contributed by atoms with van der Waals surface area (Å²) in [6.07, 6.45) is 1.84. The van der Waals surface area contributed by atoms with Crippen molar-refractivity contribution in [3.63, 3.8) is 0 Å². The molecule has 0 aliphatic carbocycles. The normalized spacial score (nSPS) is 16.1. The first-order chi connectivity index (χ1) is 15.1. The van der Waals surface area contributed by atoms with Crippen LogP contribution in [0.2, 0.25) is 0 Å². The molecule has 6 heteroatoms. The molecule has 0 radical (unpaired) electrons. The number of rotatable bonds is 6. The van der Waals surface area contributed by atoms with Crippen LogP contribution in [0.5, 0.6) is 5.75 Å². The fourth-order valence-corrected chi connectivity index (χ4v) is 4.01. The van der Waals surface area contributed by atoms with Gasteiger partial charge in [0.05, 0.1) is 18.7 Å². The Kier molecular flexibility index (Phi) is 6.46. The van der Waals surface area contributed by atoms with Crippen molar-refractivity contribution < 1.29 is 9.53 Å².